The number of fused-ring (bicyclic) bond motifs is 4. The molecular weight excluding hydrogens is 663 g/mol. The van der Waals surface area contributed by atoms with Crippen molar-refractivity contribution in [2.45, 2.75) is 12.8 Å². The van der Waals surface area contributed by atoms with Gasteiger partial charge in [-0.05, 0) is 127 Å². The fourth-order valence-corrected chi connectivity index (χ4v) is 8.30. The van der Waals surface area contributed by atoms with Crippen LogP contribution in [0.4, 0.5) is 17.1 Å². The molecule has 9 aromatic rings. The molecule has 0 atom stereocenters. The minimum atomic E-state index is 1.08. The van der Waals surface area contributed by atoms with Gasteiger partial charge >= 0.3 is 0 Å². The summed E-state index contributed by atoms with van der Waals surface area (Å²) in [6, 6.07) is 71.1. The normalized spacial score (nSPS) is 12.6. The van der Waals surface area contributed by atoms with E-state index in [-0.39, 0.29) is 0 Å². The molecule has 9 aromatic carbocycles. The van der Waals surface area contributed by atoms with Crippen molar-refractivity contribution < 1.29 is 0 Å². The maximum absolute atomic E-state index is 2.41. The highest BCUT2D eigenvalue weighted by Crippen LogP contribution is 2.43. The average molecular weight is 702 g/mol. The van der Waals surface area contributed by atoms with Crippen molar-refractivity contribution in [1.29, 1.82) is 0 Å². The Morgan fingerprint density at radius 2 is 0.873 bits per heavy atom. The lowest BCUT2D eigenvalue weighted by atomic mass is 9.90. The lowest BCUT2D eigenvalue weighted by Crippen LogP contribution is -2.10. The highest BCUT2D eigenvalue weighted by atomic mass is 15.1. The molecule has 0 spiro atoms. The number of anilines is 3. The summed E-state index contributed by atoms with van der Waals surface area (Å²) in [5.41, 5.74) is 13.4. The molecule has 260 valence electrons. The summed E-state index contributed by atoms with van der Waals surface area (Å²) < 4.78 is 0. The van der Waals surface area contributed by atoms with Gasteiger partial charge in [0.15, 0.2) is 0 Å². The van der Waals surface area contributed by atoms with Gasteiger partial charge in [0.2, 0.25) is 0 Å². The molecule has 0 fully saturated rings. The third-order valence-corrected chi connectivity index (χ3v) is 11.1. The van der Waals surface area contributed by atoms with Crippen LogP contribution in [0.2, 0.25) is 0 Å². The van der Waals surface area contributed by atoms with E-state index >= 15 is 0 Å². The van der Waals surface area contributed by atoms with E-state index < -0.39 is 0 Å². The molecule has 0 heterocycles. The number of rotatable bonds is 7. The van der Waals surface area contributed by atoms with E-state index in [9.17, 15) is 0 Å². The Hall–Kier alpha value is -6.96. The smallest absolute Gasteiger partial charge is 0.0546 e. The molecule has 1 nitrogen and oxygen atoms in total. The largest absolute Gasteiger partial charge is 0.310 e. The number of benzene rings is 9. The lowest BCUT2D eigenvalue weighted by Gasteiger charge is -2.28. The second kappa shape index (κ2) is 14.1. The van der Waals surface area contributed by atoms with Crippen molar-refractivity contribution in [2.75, 3.05) is 4.90 Å². The molecule has 1 aliphatic carbocycles. The third kappa shape index (κ3) is 6.20. The van der Waals surface area contributed by atoms with Crippen LogP contribution in [-0.4, -0.2) is 0 Å². The molecule has 0 unspecified atom stereocenters. The lowest BCUT2D eigenvalue weighted by molar-refractivity contribution is 1.05. The van der Waals surface area contributed by atoms with Gasteiger partial charge in [-0.1, -0.05) is 170 Å². The Morgan fingerprint density at radius 3 is 1.51 bits per heavy atom. The van der Waals surface area contributed by atoms with Crippen LogP contribution < -0.4 is 4.90 Å². The maximum Gasteiger partial charge on any atom is 0.0546 e. The van der Waals surface area contributed by atoms with Crippen LogP contribution in [0, 0.1) is 0 Å². The fourth-order valence-electron chi connectivity index (χ4n) is 8.30. The second-order valence-electron chi connectivity index (χ2n) is 14.4. The van der Waals surface area contributed by atoms with Gasteiger partial charge in [0.1, 0.15) is 0 Å². The number of hydrogen-bond donors (Lipinski definition) is 0. The van der Waals surface area contributed by atoms with Gasteiger partial charge in [-0.2, -0.15) is 0 Å². The summed E-state index contributed by atoms with van der Waals surface area (Å²) in [4.78, 5) is 2.41. The van der Waals surface area contributed by atoms with Crippen LogP contribution in [0.15, 0.2) is 212 Å². The first-order chi connectivity index (χ1) is 27.3. The van der Waals surface area contributed by atoms with Gasteiger partial charge in [-0.3, -0.25) is 0 Å². The zero-order valence-electron chi connectivity index (χ0n) is 30.6. The Morgan fingerprint density at radius 1 is 0.364 bits per heavy atom. The predicted octanol–water partition coefficient (Wildman–Crippen LogP) is 15.4. The van der Waals surface area contributed by atoms with E-state index in [2.05, 4.69) is 217 Å². The molecule has 0 bridgehead atoms. The van der Waals surface area contributed by atoms with Crippen LogP contribution in [0.3, 0.4) is 0 Å². The first-order valence-electron chi connectivity index (χ1n) is 19.2. The summed E-state index contributed by atoms with van der Waals surface area (Å²) in [5.74, 6) is 0. The van der Waals surface area contributed by atoms with Crippen LogP contribution in [0.25, 0.3) is 71.3 Å². The second-order valence-corrected chi connectivity index (χ2v) is 14.4. The number of nitrogens with zero attached hydrogens (tertiary/aromatic N) is 1. The standard InChI is InChI=1S/C54H39N/c1-3-13-38(14-4-1)41-27-31-47(32-28-41)55(54-37-45-18-8-9-19-49(45)51-21-11-12-22-52(51)54)48-33-29-42(30-34-48)40-23-25-43(26-24-40)53-36-46(39-15-5-2-6-16-39)35-44-17-7-10-20-50(44)53/h1-5,7-15,17-37H,6,16H2. The minimum absolute atomic E-state index is 1.08. The molecule has 0 aliphatic heterocycles. The first-order valence-corrected chi connectivity index (χ1v) is 19.2. The van der Waals surface area contributed by atoms with E-state index in [1.807, 2.05) is 0 Å². The summed E-state index contributed by atoms with van der Waals surface area (Å²) in [6.45, 7) is 0. The monoisotopic (exact) mass is 701 g/mol. The SMILES string of the molecule is C1=CCCC(c2cc(-c3ccc(-c4ccc(N(c5ccc(-c6ccccc6)cc5)c5cc6ccccc6c6ccccc56)cc4)cc3)c3ccccc3c2)=C1. The molecule has 0 N–H and O–H groups in total. The van der Waals surface area contributed by atoms with E-state index in [1.54, 1.807) is 0 Å². The van der Waals surface area contributed by atoms with E-state index in [1.165, 1.54) is 76.8 Å². The quantitative estimate of drug-likeness (QED) is 0.150. The Bertz CT molecular complexity index is 2880. The summed E-state index contributed by atoms with van der Waals surface area (Å²) in [5, 5.41) is 7.54. The van der Waals surface area contributed by atoms with Gasteiger partial charge in [0.05, 0.1) is 5.69 Å². The van der Waals surface area contributed by atoms with Gasteiger partial charge < -0.3 is 4.90 Å². The van der Waals surface area contributed by atoms with Crippen molar-refractivity contribution >= 4 is 55.0 Å². The topological polar surface area (TPSA) is 3.24 Å². The van der Waals surface area contributed by atoms with Crippen molar-refractivity contribution in [1.82, 2.24) is 0 Å². The Labute approximate surface area is 322 Å². The molecule has 1 heteroatoms. The zero-order chi connectivity index (χ0) is 36.6. The average Bonchev–Trinajstić information content (AvgIpc) is 3.27. The molecule has 0 amide bonds. The fraction of sp³-hybridized carbons (Fsp3) is 0.0370. The van der Waals surface area contributed by atoms with Crippen molar-refractivity contribution in [3.05, 3.63) is 218 Å². The predicted molar refractivity (Wildman–Crippen MR) is 236 cm³/mol. The third-order valence-electron chi connectivity index (χ3n) is 11.1. The van der Waals surface area contributed by atoms with Crippen LogP contribution in [0.1, 0.15) is 18.4 Å². The molecule has 10 rings (SSSR count). The number of hydrogen-bond acceptors (Lipinski definition) is 1. The molecule has 0 aromatic heterocycles. The molecular formula is C54H39N. The van der Waals surface area contributed by atoms with Crippen LogP contribution >= 0.6 is 0 Å². The van der Waals surface area contributed by atoms with Crippen LogP contribution in [0.5, 0.6) is 0 Å². The molecule has 55 heavy (non-hydrogen) atoms. The highest BCUT2D eigenvalue weighted by molar-refractivity contribution is 6.14. The van der Waals surface area contributed by atoms with Crippen molar-refractivity contribution in [2.24, 2.45) is 0 Å². The van der Waals surface area contributed by atoms with E-state index in [0.717, 1.165) is 29.9 Å². The van der Waals surface area contributed by atoms with Crippen molar-refractivity contribution in [3.63, 3.8) is 0 Å². The summed E-state index contributed by atoms with van der Waals surface area (Å²) in [7, 11) is 0. The van der Waals surface area contributed by atoms with E-state index in [4.69, 9.17) is 0 Å². The minimum Gasteiger partial charge on any atom is -0.310 e. The molecule has 1 aliphatic rings. The maximum atomic E-state index is 2.41. The van der Waals surface area contributed by atoms with Gasteiger partial charge in [-0.15, -0.1) is 0 Å². The van der Waals surface area contributed by atoms with Crippen LogP contribution in [-0.2, 0) is 0 Å². The molecule has 0 saturated heterocycles. The number of allylic oxidation sites excluding steroid dienone is 4. The highest BCUT2D eigenvalue weighted by Gasteiger charge is 2.18. The van der Waals surface area contributed by atoms with E-state index in [0.29, 0.717) is 0 Å². The summed E-state index contributed by atoms with van der Waals surface area (Å²) in [6.07, 6.45) is 8.89. The van der Waals surface area contributed by atoms with Gasteiger partial charge in [0, 0.05) is 16.8 Å². The first kappa shape index (κ1) is 32.7. The zero-order valence-corrected chi connectivity index (χ0v) is 30.6. The van der Waals surface area contributed by atoms with Crippen molar-refractivity contribution in [3.8, 4) is 33.4 Å². The van der Waals surface area contributed by atoms with Gasteiger partial charge in [0.25, 0.3) is 0 Å². The Balaban J connectivity index is 1.04. The summed E-state index contributed by atoms with van der Waals surface area (Å²) >= 11 is 0. The molecule has 0 radical (unpaired) electrons. The van der Waals surface area contributed by atoms with Gasteiger partial charge in [-0.25, -0.2) is 0 Å². The Kier molecular flexibility index (Phi) is 8.39. The molecule has 0 saturated carbocycles.